The van der Waals surface area contributed by atoms with Crippen LogP contribution in [0.4, 0.5) is 0 Å². The van der Waals surface area contributed by atoms with Gasteiger partial charge in [-0.25, -0.2) is 0 Å². The third-order valence-corrected chi connectivity index (χ3v) is 5.06. The molecule has 0 atom stereocenters. The first-order valence-electron chi connectivity index (χ1n) is 9.69. The lowest BCUT2D eigenvalue weighted by atomic mass is 10.1. The Bertz CT molecular complexity index is 1210. The summed E-state index contributed by atoms with van der Waals surface area (Å²) in [6.45, 7) is 1.07. The van der Waals surface area contributed by atoms with Crippen LogP contribution in [0.25, 0.3) is 11.0 Å². The van der Waals surface area contributed by atoms with Gasteiger partial charge in [-0.05, 0) is 29.8 Å². The van der Waals surface area contributed by atoms with Gasteiger partial charge in [0.1, 0.15) is 0 Å². The highest BCUT2D eigenvalue weighted by Gasteiger charge is 2.23. The quantitative estimate of drug-likeness (QED) is 0.505. The molecule has 2 heterocycles. The lowest BCUT2D eigenvalue weighted by molar-refractivity contribution is 0.0728. The van der Waals surface area contributed by atoms with E-state index in [2.05, 4.69) is 9.97 Å². The number of carbonyl (C=O) groups excluding carboxylic acids is 1. The molecule has 0 saturated heterocycles. The van der Waals surface area contributed by atoms with Crippen LogP contribution in [-0.2, 0) is 13.1 Å². The second kappa shape index (κ2) is 7.83. The molecule has 0 aliphatic carbocycles. The summed E-state index contributed by atoms with van der Waals surface area (Å²) >= 11 is 0. The molecule has 148 valence electrons. The van der Waals surface area contributed by atoms with E-state index in [0.717, 1.165) is 16.6 Å². The minimum Gasteiger partial charge on any atom is -0.454 e. The molecule has 1 aliphatic heterocycles. The Hall–Kier alpha value is -3.93. The minimum atomic E-state index is -0.0806. The molecule has 1 aliphatic rings. The Balaban J connectivity index is 1.50. The number of nitrogens with zero attached hydrogens (tertiary/aromatic N) is 3. The van der Waals surface area contributed by atoms with Crippen LogP contribution in [0, 0.1) is 0 Å². The Morgan fingerprint density at radius 3 is 2.57 bits per heavy atom. The van der Waals surface area contributed by atoms with E-state index < -0.39 is 0 Å². The average Bonchev–Trinajstić information content (AvgIpc) is 3.28. The molecule has 0 N–H and O–H groups in total. The molecule has 5 rings (SSSR count). The van der Waals surface area contributed by atoms with Crippen molar-refractivity contribution in [3.8, 4) is 11.5 Å². The van der Waals surface area contributed by atoms with Crippen LogP contribution in [0.2, 0.25) is 0 Å². The number of aromatic nitrogens is 2. The number of benzene rings is 3. The van der Waals surface area contributed by atoms with Gasteiger partial charge in [0.15, 0.2) is 11.5 Å². The van der Waals surface area contributed by atoms with Crippen molar-refractivity contribution in [1.29, 1.82) is 0 Å². The van der Waals surface area contributed by atoms with Crippen LogP contribution in [-0.4, -0.2) is 27.6 Å². The van der Waals surface area contributed by atoms with Crippen LogP contribution in [0.5, 0.6) is 11.5 Å². The largest absolute Gasteiger partial charge is 0.454 e. The maximum absolute atomic E-state index is 13.5. The lowest BCUT2D eigenvalue weighted by Crippen LogP contribution is -2.30. The Morgan fingerprint density at radius 2 is 1.70 bits per heavy atom. The number of amides is 1. The van der Waals surface area contributed by atoms with Gasteiger partial charge in [-0.15, -0.1) is 0 Å². The van der Waals surface area contributed by atoms with Gasteiger partial charge in [0.25, 0.3) is 5.91 Å². The lowest BCUT2D eigenvalue weighted by Gasteiger charge is -2.24. The van der Waals surface area contributed by atoms with Crippen molar-refractivity contribution in [2.75, 3.05) is 6.79 Å². The Morgan fingerprint density at radius 1 is 0.867 bits per heavy atom. The first-order valence-corrected chi connectivity index (χ1v) is 9.69. The van der Waals surface area contributed by atoms with Crippen molar-refractivity contribution >= 4 is 16.9 Å². The molecule has 0 spiro atoms. The van der Waals surface area contributed by atoms with Gasteiger partial charge < -0.3 is 14.4 Å². The van der Waals surface area contributed by atoms with Crippen LogP contribution in [0.1, 0.15) is 21.5 Å². The maximum atomic E-state index is 13.5. The van der Waals surface area contributed by atoms with Crippen molar-refractivity contribution in [2.45, 2.75) is 13.1 Å². The maximum Gasteiger partial charge on any atom is 0.254 e. The third kappa shape index (κ3) is 3.55. The molecule has 30 heavy (non-hydrogen) atoms. The second-order valence-electron chi connectivity index (χ2n) is 7.06. The highest BCUT2D eigenvalue weighted by Crippen LogP contribution is 2.36. The minimum absolute atomic E-state index is 0.0806. The van der Waals surface area contributed by atoms with E-state index in [0.29, 0.717) is 35.7 Å². The zero-order valence-corrected chi connectivity index (χ0v) is 16.2. The Kier molecular flexibility index (Phi) is 4.73. The molecule has 0 unspecified atom stereocenters. The van der Waals surface area contributed by atoms with Crippen molar-refractivity contribution in [3.63, 3.8) is 0 Å². The zero-order valence-electron chi connectivity index (χ0n) is 16.2. The van der Waals surface area contributed by atoms with Gasteiger partial charge in [0, 0.05) is 30.1 Å². The van der Waals surface area contributed by atoms with Crippen molar-refractivity contribution in [2.24, 2.45) is 0 Å². The molecule has 4 aromatic rings. The smallest absolute Gasteiger partial charge is 0.254 e. The van der Waals surface area contributed by atoms with E-state index in [4.69, 9.17) is 9.47 Å². The second-order valence-corrected chi connectivity index (χ2v) is 7.06. The van der Waals surface area contributed by atoms with E-state index in [1.165, 1.54) is 0 Å². The number of para-hydroxylation sites is 1. The van der Waals surface area contributed by atoms with Gasteiger partial charge >= 0.3 is 0 Å². The molecule has 0 fully saturated rings. The van der Waals surface area contributed by atoms with Gasteiger partial charge in [0.2, 0.25) is 6.79 Å². The molecule has 1 amide bonds. The fourth-order valence-electron chi connectivity index (χ4n) is 3.60. The highest BCUT2D eigenvalue weighted by molar-refractivity contribution is 5.97. The molecule has 0 saturated carbocycles. The predicted molar refractivity (Wildman–Crippen MR) is 112 cm³/mol. The van der Waals surface area contributed by atoms with Crippen LogP contribution in [0.3, 0.4) is 0 Å². The average molecular weight is 397 g/mol. The first kappa shape index (κ1) is 18.1. The number of rotatable bonds is 5. The summed E-state index contributed by atoms with van der Waals surface area (Å²) in [5.41, 5.74) is 3.99. The monoisotopic (exact) mass is 397 g/mol. The zero-order chi connectivity index (χ0) is 20.3. The third-order valence-electron chi connectivity index (χ3n) is 5.06. The summed E-state index contributed by atoms with van der Waals surface area (Å²) in [6.07, 6.45) is 3.27. The van der Waals surface area contributed by atoms with Crippen LogP contribution in [0.15, 0.2) is 79.1 Å². The van der Waals surface area contributed by atoms with E-state index in [1.807, 2.05) is 59.5 Å². The fourth-order valence-corrected chi connectivity index (χ4v) is 3.60. The number of ether oxygens (including phenoxy) is 2. The van der Waals surface area contributed by atoms with Gasteiger partial charge in [-0.1, -0.05) is 42.5 Å². The van der Waals surface area contributed by atoms with Crippen molar-refractivity contribution in [3.05, 3.63) is 95.8 Å². The molecule has 3 aromatic carbocycles. The standard InChI is InChI=1S/C24H19N3O3/c28-24(18-9-10-20-21(13-18)26-12-11-25-20)27(14-17-5-2-1-3-6-17)15-19-7-4-8-22-23(19)30-16-29-22/h1-13H,14-16H2. The normalized spacial score (nSPS) is 12.1. The summed E-state index contributed by atoms with van der Waals surface area (Å²) < 4.78 is 11.1. The van der Waals surface area contributed by atoms with E-state index in [-0.39, 0.29) is 12.7 Å². The molecule has 6 nitrogen and oxygen atoms in total. The van der Waals surface area contributed by atoms with E-state index >= 15 is 0 Å². The summed E-state index contributed by atoms with van der Waals surface area (Å²) in [7, 11) is 0. The number of carbonyl (C=O) groups is 1. The molecule has 1 aromatic heterocycles. The molecular weight excluding hydrogens is 378 g/mol. The van der Waals surface area contributed by atoms with Crippen molar-refractivity contribution in [1.82, 2.24) is 14.9 Å². The number of hydrogen-bond donors (Lipinski definition) is 0. The highest BCUT2D eigenvalue weighted by atomic mass is 16.7. The van der Waals surface area contributed by atoms with Crippen molar-refractivity contribution < 1.29 is 14.3 Å². The number of hydrogen-bond acceptors (Lipinski definition) is 5. The van der Waals surface area contributed by atoms with E-state index in [9.17, 15) is 4.79 Å². The van der Waals surface area contributed by atoms with Crippen LogP contribution >= 0.6 is 0 Å². The van der Waals surface area contributed by atoms with E-state index in [1.54, 1.807) is 24.5 Å². The van der Waals surface area contributed by atoms with Gasteiger partial charge in [-0.2, -0.15) is 0 Å². The van der Waals surface area contributed by atoms with Crippen LogP contribution < -0.4 is 9.47 Å². The summed E-state index contributed by atoms with van der Waals surface area (Å²) in [5.74, 6) is 1.33. The SMILES string of the molecule is O=C(c1ccc2nccnc2c1)N(Cc1ccccc1)Cc1cccc2c1OCO2. The molecule has 0 bridgehead atoms. The Labute approximate surface area is 173 Å². The number of fused-ring (bicyclic) bond motifs is 2. The first-order chi connectivity index (χ1) is 14.8. The predicted octanol–water partition coefficient (Wildman–Crippen LogP) is 4.20. The van der Waals surface area contributed by atoms with Gasteiger partial charge in [-0.3, -0.25) is 14.8 Å². The molecule has 6 heteroatoms. The summed E-state index contributed by atoms with van der Waals surface area (Å²) in [4.78, 5) is 23.9. The van der Waals surface area contributed by atoms with Gasteiger partial charge in [0.05, 0.1) is 17.6 Å². The fraction of sp³-hybridized carbons (Fsp3) is 0.125. The molecular formula is C24H19N3O3. The summed E-state index contributed by atoms with van der Waals surface area (Å²) in [5, 5.41) is 0. The molecule has 0 radical (unpaired) electrons. The summed E-state index contributed by atoms with van der Waals surface area (Å²) in [6, 6.07) is 21.1. The topological polar surface area (TPSA) is 64.6 Å².